The molecule has 0 saturated heterocycles. The van der Waals surface area contributed by atoms with Crippen LogP contribution in [-0.4, -0.2) is 22.5 Å². The zero-order valence-corrected chi connectivity index (χ0v) is 15.9. The fourth-order valence-electron chi connectivity index (χ4n) is 2.16. The number of amides is 1. The summed E-state index contributed by atoms with van der Waals surface area (Å²) in [4.78, 5) is 20.5. The van der Waals surface area contributed by atoms with Crippen LogP contribution in [0.5, 0.6) is 5.75 Å². The van der Waals surface area contributed by atoms with Gasteiger partial charge in [-0.25, -0.2) is 4.98 Å². The highest BCUT2D eigenvalue weighted by Gasteiger charge is 2.09. The summed E-state index contributed by atoms with van der Waals surface area (Å²) in [6.45, 7) is 0.596. The molecule has 0 unspecified atom stereocenters. The zero-order chi connectivity index (χ0) is 18.4. The minimum Gasteiger partial charge on any atom is -0.491 e. The zero-order valence-electron chi connectivity index (χ0n) is 13.6. The molecule has 2 aromatic heterocycles. The minimum atomic E-state index is -0.121. The Hall–Kier alpha value is -2.15. The summed E-state index contributed by atoms with van der Waals surface area (Å²) < 4.78 is 5.51. The number of ether oxygens (including phenoxy) is 1. The molecule has 26 heavy (non-hydrogen) atoms. The van der Waals surface area contributed by atoms with Crippen molar-refractivity contribution in [3.63, 3.8) is 0 Å². The van der Waals surface area contributed by atoms with Crippen LogP contribution in [0.1, 0.15) is 11.4 Å². The number of hydrogen-bond donors (Lipinski definition) is 1. The number of thiazole rings is 1. The molecule has 1 aromatic carbocycles. The van der Waals surface area contributed by atoms with E-state index in [4.69, 9.17) is 27.9 Å². The fraction of sp³-hybridized carbons (Fsp3) is 0.167. The lowest BCUT2D eigenvalue weighted by atomic mass is 10.2. The Kier molecular flexibility index (Phi) is 6.44. The molecule has 1 N–H and O–H groups in total. The van der Waals surface area contributed by atoms with Gasteiger partial charge in [-0.1, -0.05) is 29.3 Å². The first-order valence-electron chi connectivity index (χ1n) is 7.82. The van der Waals surface area contributed by atoms with Crippen LogP contribution in [0.2, 0.25) is 10.0 Å². The van der Waals surface area contributed by atoms with Gasteiger partial charge in [0.15, 0.2) is 0 Å². The van der Waals surface area contributed by atoms with Gasteiger partial charge in [0.2, 0.25) is 5.91 Å². The van der Waals surface area contributed by atoms with Crippen molar-refractivity contribution in [1.82, 2.24) is 15.3 Å². The highest BCUT2D eigenvalue weighted by Crippen LogP contribution is 2.31. The first-order valence-corrected chi connectivity index (χ1v) is 9.45. The van der Waals surface area contributed by atoms with Gasteiger partial charge in [0.05, 0.1) is 30.3 Å². The van der Waals surface area contributed by atoms with E-state index in [9.17, 15) is 4.79 Å². The molecule has 3 rings (SSSR count). The van der Waals surface area contributed by atoms with E-state index >= 15 is 0 Å². The summed E-state index contributed by atoms with van der Waals surface area (Å²) in [5.74, 6) is 0.345. The van der Waals surface area contributed by atoms with E-state index in [-0.39, 0.29) is 18.9 Å². The second-order valence-electron chi connectivity index (χ2n) is 5.29. The van der Waals surface area contributed by atoms with Crippen molar-refractivity contribution in [2.75, 3.05) is 6.61 Å². The quantitative estimate of drug-likeness (QED) is 0.621. The van der Waals surface area contributed by atoms with E-state index in [1.807, 2.05) is 17.5 Å². The monoisotopic (exact) mass is 407 g/mol. The molecule has 0 spiro atoms. The van der Waals surface area contributed by atoms with Gasteiger partial charge in [-0.15, -0.1) is 11.3 Å². The molecule has 0 atom stereocenters. The number of hydrogen-bond acceptors (Lipinski definition) is 5. The van der Waals surface area contributed by atoms with E-state index < -0.39 is 0 Å². The Morgan fingerprint density at radius 2 is 2.00 bits per heavy atom. The third kappa shape index (κ3) is 4.94. The van der Waals surface area contributed by atoms with Crippen LogP contribution in [0.15, 0.2) is 48.1 Å². The molecule has 1 amide bonds. The first-order chi connectivity index (χ1) is 12.6. The van der Waals surface area contributed by atoms with Crippen LogP contribution in [0, 0.1) is 0 Å². The Balaban J connectivity index is 1.44. The number of benzene rings is 1. The van der Waals surface area contributed by atoms with Crippen LogP contribution >= 0.6 is 34.5 Å². The highest BCUT2D eigenvalue weighted by molar-refractivity contribution is 7.09. The molecule has 0 saturated carbocycles. The smallest absolute Gasteiger partial charge is 0.223 e. The lowest BCUT2D eigenvalue weighted by Crippen LogP contribution is -2.24. The number of nitrogens with one attached hydrogen (secondary N) is 1. The molecule has 134 valence electrons. The number of halogens is 2. The van der Waals surface area contributed by atoms with E-state index in [0.29, 0.717) is 22.3 Å². The van der Waals surface area contributed by atoms with Crippen LogP contribution in [0.25, 0.3) is 11.3 Å². The van der Waals surface area contributed by atoms with Gasteiger partial charge >= 0.3 is 0 Å². The van der Waals surface area contributed by atoms with E-state index in [1.165, 1.54) is 11.3 Å². The Bertz CT molecular complexity index is 887. The standard InChI is InChI=1S/C18H15Cl2N3O2S/c19-13-2-1-3-15(18(13)20)25-9-6-16(24)22-10-17-23-14(11-26-17)12-4-7-21-8-5-12/h1-5,7-8,11H,6,9-10H2,(H,22,24). The Morgan fingerprint density at radius 1 is 1.19 bits per heavy atom. The summed E-state index contributed by atoms with van der Waals surface area (Å²) in [6.07, 6.45) is 3.66. The molecule has 0 aliphatic rings. The van der Waals surface area contributed by atoms with Gasteiger partial charge in [-0.3, -0.25) is 9.78 Å². The summed E-state index contributed by atoms with van der Waals surface area (Å²) >= 11 is 13.5. The SMILES string of the molecule is O=C(CCOc1cccc(Cl)c1Cl)NCc1nc(-c2ccncc2)cs1. The number of rotatable bonds is 7. The molecule has 0 bridgehead atoms. The second kappa shape index (κ2) is 8.98. The van der Waals surface area contributed by atoms with Gasteiger partial charge in [0, 0.05) is 23.3 Å². The van der Waals surface area contributed by atoms with Crippen LogP contribution in [0.3, 0.4) is 0 Å². The van der Waals surface area contributed by atoms with Crippen molar-refractivity contribution in [1.29, 1.82) is 0 Å². The largest absolute Gasteiger partial charge is 0.491 e. The number of pyridine rings is 1. The molecule has 0 aliphatic heterocycles. The van der Waals surface area contributed by atoms with Crippen molar-refractivity contribution in [2.45, 2.75) is 13.0 Å². The predicted molar refractivity (Wildman–Crippen MR) is 104 cm³/mol. The maximum Gasteiger partial charge on any atom is 0.223 e. The Labute approximate surface area is 165 Å². The van der Waals surface area contributed by atoms with Gasteiger partial charge in [-0.05, 0) is 24.3 Å². The van der Waals surface area contributed by atoms with Crippen LogP contribution < -0.4 is 10.1 Å². The first kappa shape index (κ1) is 18.6. The highest BCUT2D eigenvalue weighted by atomic mass is 35.5. The fourth-order valence-corrected chi connectivity index (χ4v) is 3.25. The molecule has 0 radical (unpaired) electrons. The number of nitrogens with zero attached hydrogens (tertiary/aromatic N) is 2. The van der Waals surface area contributed by atoms with Gasteiger partial charge < -0.3 is 10.1 Å². The molecule has 3 aromatic rings. The molecule has 0 fully saturated rings. The topological polar surface area (TPSA) is 64.1 Å². The molecule has 2 heterocycles. The molecule has 0 aliphatic carbocycles. The van der Waals surface area contributed by atoms with Gasteiger partial charge in [0.1, 0.15) is 15.8 Å². The minimum absolute atomic E-state index is 0.121. The third-order valence-corrected chi connectivity index (χ3v) is 5.12. The van der Waals surface area contributed by atoms with Gasteiger partial charge in [-0.2, -0.15) is 0 Å². The maximum absolute atomic E-state index is 12.0. The van der Waals surface area contributed by atoms with Crippen molar-refractivity contribution in [3.05, 3.63) is 63.2 Å². The van der Waals surface area contributed by atoms with E-state index in [2.05, 4.69) is 15.3 Å². The molecular formula is C18H15Cl2N3O2S. The van der Waals surface area contributed by atoms with Crippen molar-refractivity contribution in [2.24, 2.45) is 0 Å². The second-order valence-corrected chi connectivity index (χ2v) is 7.02. The van der Waals surface area contributed by atoms with Crippen molar-refractivity contribution >= 4 is 40.4 Å². The average molecular weight is 408 g/mol. The summed E-state index contributed by atoms with van der Waals surface area (Å²) in [6, 6.07) is 8.93. The molecular weight excluding hydrogens is 393 g/mol. The lowest BCUT2D eigenvalue weighted by Gasteiger charge is -2.08. The van der Waals surface area contributed by atoms with E-state index in [0.717, 1.165) is 16.3 Å². The molecule has 8 heteroatoms. The summed E-state index contributed by atoms with van der Waals surface area (Å²) in [5, 5.41) is 6.40. The normalized spacial score (nSPS) is 10.5. The average Bonchev–Trinajstić information content (AvgIpc) is 3.13. The van der Waals surface area contributed by atoms with Crippen LogP contribution in [-0.2, 0) is 11.3 Å². The summed E-state index contributed by atoms with van der Waals surface area (Å²) in [7, 11) is 0. The maximum atomic E-state index is 12.0. The third-order valence-electron chi connectivity index (χ3n) is 3.47. The van der Waals surface area contributed by atoms with Crippen LogP contribution in [0.4, 0.5) is 0 Å². The van der Waals surface area contributed by atoms with Gasteiger partial charge in [0.25, 0.3) is 0 Å². The lowest BCUT2D eigenvalue weighted by molar-refractivity contribution is -0.121. The van der Waals surface area contributed by atoms with Crippen molar-refractivity contribution < 1.29 is 9.53 Å². The number of carbonyl (C=O) groups excluding carboxylic acids is 1. The molecule has 5 nitrogen and oxygen atoms in total. The predicted octanol–water partition coefficient (Wildman–Crippen LogP) is 4.60. The number of aromatic nitrogens is 2. The number of carbonyl (C=O) groups is 1. The van der Waals surface area contributed by atoms with E-state index in [1.54, 1.807) is 30.6 Å². The summed E-state index contributed by atoms with van der Waals surface area (Å²) in [5.41, 5.74) is 1.88. The Morgan fingerprint density at radius 3 is 2.81 bits per heavy atom. The van der Waals surface area contributed by atoms with Crippen molar-refractivity contribution in [3.8, 4) is 17.0 Å².